The minimum atomic E-state index is -4.47. The summed E-state index contributed by atoms with van der Waals surface area (Å²) in [7, 11) is -4.47. The molecule has 26 heavy (non-hydrogen) atoms. The molecule has 0 fully saturated rings. The predicted octanol–water partition coefficient (Wildman–Crippen LogP) is 2.82. The Morgan fingerprint density at radius 1 is 0.808 bits per heavy atom. The van der Waals surface area contributed by atoms with E-state index in [0.29, 0.717) is 17.4 Å². The molecule has 0 aliphatic carbocycles. The van der Waals surface area contributed by atoms with E-state index in [0.717, 1.165) is 18.2 Å². The maximum absolute atomic E-state index is 11.8. The summed E-state index contributed by atoms with van der Waals surface area (Å²) in [6, 6.07) is 10.9. The van der Waals surface area contributed by atoms with Crippen molar-refractivity contribution in [3.8, 4) is 0 Å². The zero-order valence-corrected chi connectivity index (χ0v) is 19.0. The SMILES string of the molecule is CCCCCCCCCCCc1ccc2ccccc2c1S(=O)(=O)[O-].[Na+]. The molecule has 0 unspecified atom stereocenters. The van der Waals surface area contributed by atoms with Crippen LogP contribution in [0.5, 0.6) is 0 Å². The monoisotopic (exact) mass is 384 g/mol. The number of benzene rings is 2. The molecule has 3 nitrogen and oxygen atoms in total. The van der Waals surface area contributed by atoms with E-state index in [1.165, 1.54) is 44.9 Å². The van der Waals surface area contributed by atoms with E-state index < -0.39 is 10.1 Å². The molecule has 0 spiro atoms. The van der Waals surface area contributed by atoms with Gasteiger partial charge in [0, 0.05) is 0 Å². The third-order valence-electron chi connectivity index (χ3n) is 4.76. The maximum Gasteiger partial charge on any atom is 1.00 e. The van der Waals surface area contributed by atoms with Crippen LogP contribution in [0.1, 0.15) is 70.3 Å². The van der Waals surface area contributed by atoms with E-state index in [4.69, 9.17) is 0 Å². The Hall–Kier alpha value is -0.390. The van der Waals surface area contributed by atoms with Crippen molar-refractivity contribution in [1.82, 2.24) is 0 Å². The zero-order valence-electron chi connectivity index (χ0n) is 16.2. The van der Waals surface area contributed by atoms with Crippen molar-refractivity contribution in [2.75, 3.05) is 0 Å². The van der Waals surface area contributed by atoms with Gasteiger partial charge in [-0.3, -0.25) is 0 Å². The second kappa shape index (κ2) is 12.1. The fourth-order valence-electron chi connectivity index (χ4n) is 3.41. The van der Waals surface area contributed by atoms with Gasteiger partial charge in [-0.2, -0.15) is 0 Å². The van der Waals surface area contributed by atoms with Crippen molar-refractivity contribution < 1.29 is 42.5 Å². The zero-order chi connectivity index (χ0) is 18.1. The van der Waals surface area contributed by atoms with Gasteiger partial charge in [0.05, 0.1) is 4.90 Å². The Labute approximate surface area is 180 Å². The van der Waals surface area contributed by atoms with Crippen LogP contribution in [0.25, 0.3) is 10.8 Å². The van der Waals surface area contributed by atoms with Crippen LogP contribution < -0.4 is 29.6 Å². The largest absolute Gasteiger partial charge is 1.00 e. The fourth-order valence-corrected chi connectivity index (χ4v) is 4.35. The third-order valence-corrected chi connectivity index (χ3v) is 5.74. The van der Waals surface area contributed by atoms with Gasteiger partial charge in [0.1, 0.15) is 10.1 Å². The molecule has 2 aromatic rings. The molecule has 2 rings (SSSR count). The second-order valence-corrected chi connectivity index (χ2v) is 8.12. The van der Waals surface area contributed by atoms with E-state index in [1.54, 1.807) is 18.2 Å². The topological polar surface area (TPSA) is 57.2 Å². The molecule has 138 valence electrons. The van der Waals surface area contributed by atoms with Crippen molar-refractivity contribution in [3.63, 3.8) is 0 Å². The van der Waals surface area contributed by atoms with Crippen molar-refractivity contribution in [2.24, 2.45) is 0 Å². The van der Waals surface area contributed by atoms with Crippen LogP contribution >= 0.6 is 0 Å². The molecule has 0 radical (unpaired) electrons. The van der Waals surface area contributed by atoms with Crippen LogP contribution in [0.15, 0.2) is 41.3 Å². The molecule has 5 heteroatoms. The molecule has 0 bridgehead atoms. The number of rotatable bonds is 11. The van der Waals surface area contributed by atoms with Gasteiger partial charge < -0.3 is 4.55 Å². The first-order valence-corrected chi connectivity index (χ1v) is 10.9. The van der Waals surface area contributed by atoms with Crippen molar-refractivity contribution in [2.45, 2.75) is 76.0 Å². The summed E-state index contributed by atoms with van der Waals surface area (Å²) in [5.41, 5.74) is 0.664. The maximum atomic E-state index is 11.8. The molecule has 0 aromatic heterocycles. The van der Waals surface area contributed by atoms with Gasteiger partial charge in [-0.25, -0.2) is 8.42 Å². The van der Waals surface area contributed by atoms with Gasteiger partial charge in [0.2, 0.25) is 0 Å². The molecular formula is C21H29NaO3S. The molecule has 0 atom stereocenters. The van der Waals surface area contributed by atoms with E-state index in [-0.39, 0.29) is 34.5 Å². The second-order valence-electron chi connectivity index (χ2n) is 6.81. The number of aryl methyl sites for hydroxylation is 1. The number of fused-ring (bicyclic) bond motifs is 1. The quantitative estimate of drug-likeness (QED) is 0.340. The molecule has 0 amide bonds. The van der Waals surface area contributed by atoms with Crippen LogP contribution in [0.3, 0.4) is 0 Å². The van der Waals surface area contributed by atoms with Gasteiger partial charge in [0.25, 0.3) is 0 Å². The summed E-state index contributed by atoms with van der Waals surface area (Å²) in [6.45, 7) is 2.23. The Morgan fingerprint density at radius 3 is 2.00 bits per heavy atom. The van der Waals surface area contributed by atoms with Gasteiger partial charge in [-0.1, -0.05) is 94.7 Å². The number of hydrogen-bond acceptors (Lipinski definition) is 3. The van der Waals surface area contributed by atoms with Crippen LogP contribution in [0.4, 0.5) is 0 Å². The van der Waals surface area contributed by atoms with Crippen molar-refractivity contribution in [3.05, 3.63) is 42.0 Å². The molecule has 0 N–H and O–H groups in total. The smallest absolute Gasteiger partial charge is 0.744 e. The molecule has 0 saturated heterocycles. The van der Waals surface area contributed by atoms with Crippen LogP contribution in [-0.4, -0.2) is 13.0 Å². The first-order chi connectivity index (χ1) is 12.0. The molecule has 2 aromatic carbocycles. The molecule has 0 saturated carbocycles. The minimum absolute atomic E-state index is 0. The van der Waals surface area contributed by atoms with Crippen LogP contribution in [-0.2, 0) is 16.5 Å². The summed E-state index contributed by atoms with van der Waals surface area (Å²) in [5.74, 6) is 0. The summed E-state index contributed by atoms with van der Waals surface area (Å²) in [4.78, 5) is -0.0230. The first-order valence-electron chi connectivity index (χ1n) is 9.50. The van der Waals surface area contributed by atoms with Gasteiger partial charge in [-0.05, 0) is 29.2 Å². The first kappa shape index (κ1) is 23.6. The van der Waals surface area contributed by atoms with Gasteiger partial charge in [-0.15, -0.1) is 0 Å². The summed E-state index contributed by atoms with van der Waals surface area (Å²) >= 11 is 0. The van der Waals surface area contributed by atoms with E-state index in [2.05, 4.69) is 6.92 Å². The van der Waals surface area contributed by atoms with Crippen molar-refractivity contribution in [1.29, 1.82) is 0 Å². The normalized spacial score (nSPS) is 11.5. The summed E-state index contributed by atoms with van der Waals surface area (Å²) in [6.07, 6.45) is 11.6. The Bertz CT molecular complexity index is 772. The summed E-state index contributed by atoms with van der Waals surface area (Å²) < 4.78 is 35.3. The molecular weight excluding hydrogens is 355 g/mol. The van der Waals surface area contributed by atoms with Gasteiger partial charge >= 0.3 is 29.6 Å². The molecule has 0 heterocycles. The Morgan fingerprint density at radius 2 is 1.38 bits per heavy atom. The number of hydrogen-bond donors (Lipinski definition) is 0. The summed E-state index contributed by atoms with van der Waals surface area (Å²) in [5, 5.41) is 1.35. The fraction of sp³-hybridized carbons (Fsp3) is 0.524. The Balaban J connectivity index is 0.00000338. The van der Waals surface area contributed by atoms with E-state index in [9.17, 15) is 13.0 Å². The third kappa shape index (κ3) is 7.32. The van der Waals surface area contributed by atoms with Crippen LogP contribution in [0, 0.1) is 0 Å². The average Bonchev–Trinajstić information content (AvgIpc) is 2.59. The Kier molecular flexibility index (Phi) is 11.0. The molecule has 0 aliphatic heterocycles. The predicted molar refractivity (Wildman–Crippen MR) is 103 cm³/mol. The standard InChI is InChI=1S/C21H30O3S.Na/c1-2-3-4-5-6-7-8-9-10-14-19-17-16-18-13-11-12-15-20(18)21(19)25(22,23)24;/h11-13,15-17H,2-10,14H2,1H3,(H,22,23,24);/q;+1/p-1. The van der Waals surface area contributed by atoms with Crippen molar-refractivity contribution >= 4 is 20.9 Å². The van der Waals surface area contributed by atoms with Gasteiger partial charge in [0.15, 0.2) is 0 Å². The molecule has 0 aliphatic rings. The number of unbranched alkanes of at least 4 members (excludes halogenated alkanes) is 8. The average molecular weight is 385 g/mol. The van der Waals surface area contributed by atoms with Crippen LogP contribution in [0.2, 0.25) is 0 Å². The van der Waals surface area contributed by atoms with E-state index in [1.807, 2.05) is 18.2 Å². The van der Waals surface area contributed by atoms with E-state index >= 15 is 0 Å². The minimum Gasteiger partial charge on any atom is -0.744 e.